The minimum Gasteiger partial charge on any atom is -0.354 e. The molecule has 0 spiro atoms. The Balaban J connectivity index is 1.51. The lowest BCUT2D eigenvalue weighted by Crippen LogP contribution is -2.36. The Labute approximate surface area is 158 Å². The first-order valence-electron chi connectivity index (χ1n) is 9.49. The fraction of sp³-hybridized carbons (Fsp3) is 0.381. The summed E-state index contributed by atoms with van der Waals surface area (Å²) in [6.07, 6.45) is 6.21. The van der Waals surface area contributed by atoms with Crippen molar-refractivity contribution in [3.05, 3.63) is 60.4 Å². The summed E-state index contributed by atoms with van der Waals surface area (Å²) in [5, 5.41) is 8.78. The van der Waals surface area contributed by atoms with E-state index in [0.29, 0.717) is 12.0 Å². The third-order valence-electron chi connectivity index (χ3n) is 5.16. The molecule has 0 amide bonds. The topological polar surface area (TPSA) is 46.8 Å². The van der Waals surface area contributed by atoms with Gasteiger partial charge in [-0.3, -0.25) is 0 Å². The van der Waals surface area contributed by atoms with E-state index >= 15 is 0 Å². The summed E-state index contributed by atoms with van der Waals surface area (Å²) >= 11 is 0. The molecule has 4 rings (SSSR count). The van der Waals surface area contributed by atoms with Crippen LogP contribution in [0, 0.1) is 5.82 Å². The SMILES string of the molecule is CC(C)n1ccnc1C1CCCN(c2ccc(-c3ccc(F)cc3)nn2)C1. The zero-order valence-corrected chi connectivity index (χ0v) is 15.7. The van der Waals surface area contributed by atoms with E-state index in [1.807, 2.05) is 18.3 Å². The van der Waals surface area contributed by atoms with E-state index in [4.69, 9.17) is 0 Å². The largest absolute Gasteiger partial charge is 0.354 e. The van der Waals surface area contributed by atoms with E-state index in [0.717, 1.165) is 48.8 Å². The van der Waals surface area contributed by atoms with Gasteiger partial charge in [0.15, 0.2) is 5.82 Å². The van der Waals surface area contributed by atoms with Crippen LogP contribution in [0.15, 0.2) is 48.8 Å². The lowest BCUT2D eigenvalue weighted by molar-refractivity contribution is 0.453. The van der Waals surface area contributed by atoms with Gasteiger partial charge in [-0.05, 0) is 63.1 Å². The van der Waals surface area contributed by atoms with Gasteiger partial charge in [-0.15, -0.1) is 10.2 Å². The Hall–Kier alpha value is -2.76. The number of benzene rings is 1. The van der Waals surface area contributed by atoms with Crippen molar-refractivity contribution in [1.82, 2.24) is 19.7 Å². The minimum absolute atomic E-state index is 0.248. The van der Waals surface area contributed by atoms with E-state index in [2.05, 4.69) is 44.7 Å². The highest BCUT2D eigenvalue weighted by Gasteiger charge is 2.26. The number of imidazole rings is 1. The first-order chi connectivity index (χ1) is 13.1. The van der Waals surface area contributed by atoms with Crippen LogP contribution in [0.4, 0.5) is 10.2 Å². The zero-order valence-electron chi connectivity index (χ0n) is 15.7. The maximum atomic E-state index is 13.1. The van der Waals surface area contributed by atoms with Crippen LogP contribution in [0.5, 0.6) is 0 Å². The second-order valence-corrected chi connectivity index (χ2v) is 7.36. The first kappa shape index (κ1) is 17.6. The normalized spacial score (nSPS) is 17.5. The molecular formula is C21H24FN5. The summed E-state index contributed by atoms with van der Waals surface area (Å²) < 4.78 is 15.4. The number of hydrogen-bond acceptors (Lipinski definition) is 4. The highest BCUT2D eigenvalue weighted by Crippen LogP contribution is 2.30. The molecular weight excluding hydrogens is 341 g/mol. The maximum absolute atomic E-state index is 13.1. The first-order valence-corrected chi connectivity index (χ1v) is 9.49. The van der Waals surface area contributed by atoms with Crippen LogP contribution in [-0.4, -0.2) is 32.8 Å². The fourth-order valence-corrected chi connectivity index (χ4v) is 3.74. The van der Waals surface area contributed by atoms with E-state index in [1.165, 1.54) is 12.1 Å². The number of nitrogens with zero attached hydrogens (tertiary/aromatic N) is 5. The van der Waals surface area contributed by atoms with E-state index in [-0.39, 0.29) is 5.82 Å². The smallest absolute Gasteiger partial charge is 0.151 e. The highest BCUT2D eigenvalue weighted by molar-refractivity contribution is 5.59. The molecule has 1 fully saturated rings. The molecule has 1 atom stereocenters. The van der Waals surface area contributed by atoms with E-state index in [1.54, 1.807) is 12.1 Å². The number of hydrogen-bond donors (Lipinski definition) is 0. The van der Waals surface area contributed by atoms with Gasteiger partial charge in [0.05, 0.1) is 5.69 Å². The van der Waals surface area contributed by atoms with Crippen molar-refractivity contribution in [2.45, 2.75) is 38.6 Å². The molecule has 3 heterocycles. The van der Waals surface area contributed by atoms with Crippen molar-refractivity contribution in [2.24, 2.45) is 0 Å². The molecule has 5 nitrogen and oxygen atoms in total. The summed E-state index contributed by atoms with van der Waals surface area (Å²) in [5.74, 6) is 2.19. The predicted octanol–water partition coefficient (Wildman–Crippen LogP) is 4.44. The second-order valence-electron chi connectivity index (χ2n) is 7.36. The average molecular weight is 365 g/mol. The van der Waals surface area contributed by atoms with Crippen LogP contribution in [0.25, 0.3) is 11.3 Å². The molecule has 6 heteroatoms. The number of halogens is 1. The standard InChI is InChI=1S/C21H24FN5/c1-15(2)27-13-11-23-21(27)17-4-3-12-26(14-17)20-10-9-19(24-25-20)16-5-7-18(22)8-6-16/h5-11,13,15,17H,3-4,12,14H2,1-2H3. The summed E-state index contributed by atoms with van der Waals surface area (Å²) in [5.41, 5.74) is 1.62. The molecule has 2 aromatic heterocycles. The molecule has 0 radical (unpaired) electrons. The average Bonchev–Trinajstić information content (AvgIpc) is 3.19. The maximum Gasteiger partial charge on any atom is 0.151 e. The summed E-state index contributed by atoms with van der Waals surface area (Å²) in [6, 6.07) is 10.7. The van der Waals surface area contributed by atoms with Gasteiger partial charge in [0.25, 0.3) is 0 Å². The quantitative estimate of drug-likeness (QED) is 0.686. The van der Waals surface area contributed by atoms with Gasteiger partial charge in [-0.25, -0.2) is 9.37 Å². The van der Waals surface area contributed by atoms with E-state index < -0.39 is 0 Å². The molecule has 140 valence electrons. The number of piperidine rings is 1. The second kappa shape index (κ2) is 7.47. The minimum atomic E-state index is -0.248. The predicted molar refractivity (Wildman–Crippen MR) is 104 cm³/mol. The van der Waals surface area contributed by atoms with Crippen molar-refractivity contribution < 1.29 is 4.39 Å². The molecule has 27 heavy (non-hydrogen) atoms. The van der Waals surface area contributed by atoms with Crippen molar-refractivity contribution >= 4 is 5.82 Å². The van der Waals surface area contributed by atoms with Gasteiger partial charge in [0.2, 0.25) is 0 Å². The highest BCUT2D eigenvalue weighted by atomic mass is 19.1. The van der Waals surface area contributed by atoms with Crippen LogP contribution in [0.2, 0.25) is 0 Å². The third kappa shape index (κ3) is 3.70. The molecule has 1 saturated heterocycles. The van der Waals surface area contributed by atoms with Crippen molar-refractivity contribution in [2.75, 3.05) is 18.0 Å². The van der Waals surface area contributed by atoms with Gasteiger partial charge in [0, 0.05) is 43.0 Å². The van der Waals surface area contributed by atoms with Crippen molar-refractivity contribution in [3.63, 3.8) is 0 Å². The van der Waals surface area contributed by atoms with Gasteiger partial charge in [-0.1, -0.05) is 0 Å². The Morgan fingerprint density at radius 2 is 1.89 bits per heavy atom. The molecule has 0 aliphatic carbocycles. The molecule has 1 aromatic carbocycles. The van der Waals surface area contributed by atoms with Crippen molar-refractivity contribution in [3.8, 4) is 11.3 Å². The Bertz CT molecular complexity index is 886. The fourth-order valence-electron chi connectivity index (χ4n) is 3.74. The van der Waals surface area contributed by atoms with Crippen LogP contribution in [0.1, 0.15) is 44.5 Å². The number of anilines is 1. The summed E-state index contributed by atoms with van der Waals surface area (Å²) in [4.78, 5) is 6.91. The number of aromatic nitrogens is 4. The third-order valence-corrected chi connectivity index (χ3v) is 5.16. The summed E-state index contributed by atoms with van der Waals surface area (Å²) in [6.45, 7) is 6.24. The Morgan fingerprint density at radius 3 is 2.59 bits per heavy atom. The molecule has 0 saturated carbocycles. The molecule has 1 aliphatic heterocycles. The number of rotatable bonds is 4. The molecule has 1 unspecified atom stereocenters. The molecule has 1 aliphatic rings. The summed E-state index contributed by atoms with van der Waals surface area (Å²) in [7, 11) is 0. The Kier molecular flexibility index (Phi) is 4.88. The van der Waals surface area contributed by atoms with Crippen LogP contribution in [0.3, 0.4) is 0 Å². The molecule has 3 aromatic rings. The molecule has 0 N–H and O–H groups in total. The van der Waals surface area contributed by atoms with Gasteiger partial charge < -0.3 is 9.47 Å². The lowest BCUT2D eigenvalue weighted by Gasteiger charge is -2.33. The molecule has 0 bridgehead atoms. The zero-order chi connectivity index (χ0) is 18.8. The van der Waals surface area contributed by atoms with Crippen LogP contribution >= 0.6 is 0 Å². The Morgan fingerprint density at radius 1 is 1.07 bits per heavy atom. The van der Waals surface area contributed by atoms with Gasteiger partial charge in [-0.2, -0.15) is 0 Å². The lowest BCUT2D eigenvalue weighted by atomic mass is 9.97. The van der Waals surface area contributed by atoms with E-state index in [9.17, 15) is 4.39 Å². The monoisotopic (exact) mass is 365 g/mol. The van der Waals surface area contributed by atoms with Crippen LogP contribution < -0.4 is 4.90 Å². The van der Waals surface area contributed by atoms with Crippen LogP contribution in [-0.2, 0) is 0 Å². The van der Waals surface area contributed by atoms with Gasteiger partial charge in [0.1, 0.15) is 11.6 Å². The van der Waals surface area contributed by atoms with Gasteiger partial charge >= 0.3 is 0 Å². The van der Waals surface area contributed by atoms with Crippen molar-refractivity contribution in [1.29, 1.82) is 0 Å².